The minimum Gasteiger partial charge on any atom is -0.481 e. The van der Waals surface area contributed by atoms with Gasteiger partial charge in [0, 0.05) is 18.2 Å². The Bertz CT molecular complexity index is 465. The first kappa shape index (κ1) is 15.3. The number of halogens is 2. The quantitative estimate of drug-likeness (QED) is 0.659. The van der Waals surface area contributed by atoms with Crippen LogP contribution in [0.5, 0.6) is 0 Å². The third kappa shape index (κ3) is 4.42. The predicted octanol–water partition coefficient (Wildman–Crippen LogP) is 1.62. The molecule has 2 atom stereocenters. The number of carboxylic acid groups (broad SMARTS) is 1. The van der Waals surface area contributed by atoms with E-state index in [0.717, 1.165) is 18.2 Å². The molecule has 0 saturated heterocycles. The molecular formula is C13H15F2NO3. The van der Waals surface area contributed by atoms with E-state index in [1.807, 2.05) is 0 Å². The number of benzene rings is 1. The lowest BCUT2D eigenvalue weighted by Gasteiger charge is -2.23. The van der Waals surface area contributed by atoms with Crippen molar-refractivity contribution in [2.45, 2.75) is 18.6 Å². The molecule has 0 spiro atoms. The molecule has 0 fully saturated rings. The SMILES string of the molecule is C=CCNC(CC(=O)O)C(O)c1cc(F)ccc1F. The average Bonchev–Trinajstić information content (AvgIpc) is 2.36. The monoisotopic (exact) mass is 271 g/mol. The van der Waals surface area contributed by atoms with Gasteiger partial charge >= 0.3 is 5.97 Å². The van der Waals surface area contributed by atoms with Crippen LogP contribution in [0.3, 0.4) is 0 Å². The Morgan fingerprint density at radius 2 is 2.16 bits per heavy atom. The number of nitrogens with one attached hydrogen (secondary N) is 1. The highest BCUT2D eigenvalue weighted by Gasteiger charge is 2.25. The van der Waals surface area contributed by atoms with Gasteiger partial charge in [-0.3, -0.25) is 4.79 Å². The first-order valence-corrected chi connectivity index (χ1v) is 5.64. The molecule has 0 aliphatic heterocycles. The highest BCUT2D eigenvalue weighted by Crippen LogP contribution is 2.23. The van der Waals surface area contributed by atoms with E-state index in [0.29, 0.717) is 0 Å². The Hall–Kier alpha value is -1.79. The summed E-state index contributed by atoms with van der Waals surface area (Å²) in [5, 5.41) is 21.5. The van der Waals surface area contributed by atoms with Crippen molar-refractivity contribution >= 4 is 5.97 Å². The molecule has 0 bridgehead atoms. The lowest BCUT2D eigenvalue weighted by atomic mass is 9.99. The van der Waals surface area contributed by atoms with Crippen LogP contribution in [0.25, 0.3) is 0 Å². The van der Waals surface area contributed by atoms with E-state index in [4.69, 9.17) is 5.11 Å². The zero-order valence-corrected chi connectivity index (χ0v) is 10.1. The fourth-order valence-electron chi connectivity index (χ4n) is 1.68. The van der Waals surface area contributed by atoms with Crippen molar-refractivity contribution in [3.63, 3.8) is 0 Å². The standard InChI is InChI=1S/C13H15F2NO3/c1-2-5-16-11(7-12(17)18)13(19)9-6-8(14)3-4-10(9)15/h2-4,6,11,13,16,19H,1,5,7H2,(H,17,18). The van der Waals surface area contributed by atoms with Gasteiger partial charge in [-0.15, -0.1) is 6.58 Å². The van der Waals surface area contributed by atoms with Gasteiger partial charge in [-0.25, -0.2) is 8.78 Å². The van der Waals surface area contributed by atoms with E-state index in [1.54, 1.807) is 0 Å². The lowest BCUT2D eigenvalue weighted by molar-refractivity contribution is -0.138. The Morgan fingerprint density at radius 3 is 2.74 bits per heavy atom. The van der Waals surface area contributed by atoms with Gasteiger partial charge in [-0.2, -0.15) is 0 Å². The smallest absolute Gasteiger partial charge is 0.305 e. The van der Waals surface area contributed by atoms with E-state index in [9.17, 15) is 18.7 Å². The second-order valence-corrected chi connectivity index (χ2v) is 4.01. The molecule has 2 unspecified atom stereocenters. The Kier molecular flexibility index (Phi) is 5.59. The molecule has 6 heteroatoms. The van der Waals surface area contributed by atoms with Gasteiger partial charge in [-0.1, -0.05) is 6.08 Å². The van der Waals surface area contributed by atoms with Gasteiger partial charge in [0.05, 0.1) is 12.5 Å². The van der Waals surface area contributed by atoms with Crippen LogP contribution in [-0.4, -0.2) is 28.8 Å². The predicted molar refractivity (Wildman–Crippen MR) is 65.6 cm³/mol. The fraction of sp³-hybridized carbons (Fsp3) is 0.308. The number of carboxylic acids is 1. The van der Waals surface area contributed by atoms with Crippen molar-refractivity contribution < 1.29 is 23.8 Å². The van der Waals surface area contributed by atoms with Crippen molar-refractivity contribution in [3.8, 4) is 0 Å². The highest BCUT2D eigenvalue weighted by atomic mass is 19.1. The second-order valence-electron chi connectivity index (χ2n) is 4.01. The molecule has 1 aromatic carbocycles. The maximum Gasteiger partial charge on any atom is 0.305 e. The van der Waals surface area contributed by atoms with Crippen molar-refractivity contribution in [1.82, 2.24) is 5.32 Å². The summed E-state index contributed by atoms with van der Waals surface area (Å²) in [7, 11) is 0. The lowest BCUT2D eigenvalue weighted by Crippen LogP contribution is -2.37. The Labute approximate surface area is 109 Å². The summed E-state index contributed by atoms with van der Waals surface area (Å²) in [6.45, 7) is 3.69. The summed E-state index contributed by atoms with van der Waals surface area (Å²) >= 11 is 0. The van der Waals surface area contributed by atoms with Crippen molar-refractivity contribution in [2.24, 2.45) is 0 Å². The van der Waals surface area contributed by atoms with Gasteiger partial charge in [0.1, 0.15) is 11.6 Å². The number of hydrogen-bond acceptors (Lipinski definition) is 3. The molecule has 0 aromatic heterocycles. The van der Waals surface area contributed by atoms with E-state index in [2.05, 4.69) is 11.9 Å². The zero-order valence-electron chi connectivity index (χ0n) is 10.1. The third-order valence-corrected chi connectivity index (χ3v) is 2.58. The van der Waals surface area contributed by atoms with Gasteiger partial charge < -0.3 is 15.5 Å². The van der Waals surface area contributed by atoms with E-state index < -0.39 is 36.2 Å². The summed E-state index contributed by atoms with van der Waals surface area (Å²) in [4.78, 5) is 10.7. The van der Waals surface area contributed by atoms with Crippen LogP contribution in [0.1, 0.15) is 18.1 Å². The molecule has 0 radical (unpaired) electrons. The second kappa shape index (κ2) is 6.96. The Morgan fingerprint density at radius 1 is 1.47 bits per heavy atom. The zero-order chi connectivity index (χ0) is 14.4. The van der Waals surface area contributed by atoms with E-state index >= 15 is 0 Å². The van der Waals surface area contributed by atoms with Gasteiger partial charge in [0.15, 0.2) is 0 Å². The van der Waals surface area contributed by atoms with Crippen LogP contribution in [-0.2, 0) is 4.79 Å². The minimum absolute atomic E-state index is 0.242. The van der Waals surface area contributed by atoms with Crippen LogP contribution in [0.4, 0.5) is 8.78 Å². The van der Waals surface area contributed by atoms with E-state index in [-0.39, 0.29) is 12.1 Å². The van der Waals surface area contributed by atoms with Crippen molar-refractivity contribution in [3.05, 3.63) is 48.1 Å². The number of carbonyl (C=O) groups is 1. The summed E-state index contributed by atoms with van der Waals surface area (Å²) < 4.78 is 26.6. The molecule has 19 heavy (non-hydrogen) atoms. The van der Waals surface area contributed by atoms with Crippen LogP contribution in [0.2, 0.25) is 0 Å². The fourth-order valence-corrected chi connectivity index (χ4v) is 1.68. The molecule has 0 aliphatic carbocycles. The summed E-state index contributed by atoms with van der Waals surface area (Å²) in [6, 6.07) is 1.73. The molecule has 0 saturated carbocycles. The molecule has 3 N–H and O–H groups in total. The molecule has 0 amide bonds. The number of aliphatic hydroxyl groups excluding tert-OH is 1. The molecule has 4 nitrogen and oxygen atoms in total. The van der Waals surface area contributed by atoms with Crippen LogP contribution in [0.15, 0.2) is 30.9 Å². The molecule has 1 aromatic rings. The third-order valence-electron chi connectivity index (χ3n) is 2.58. The van der Waals surface area contributed by atoms with Crippen LogP contribution >= 0.6 is 0 Å². The molecule has 104 valence electrons. The minimum atomic E-state index is -1.47. The molecule has 0 heterocycles. The number of hydrogen-bond donors (Lipinski definition) is 3. The highest BCUT2D eigenvalue weighted by molar-refractivity contribution is 5.67. The summed E-state index contributed by atoms with van der Waals surface area (Å²) in [5.41, 5.74) is -0.275. The number of aliphatic carboxylic acids is 1. The van der Waals surface area contributed by atoms with Gasteiger partial charge in [-0.05, 0) is 18.2 Å². The summed E-state index contributed by atoms with van der Waals surface area (Å²) in [6.07, 6.45) is -0.416. The van der Waals surface area contributed by atoms with E-state index in [1.165, 1.54) is 6.08 Å². The van der Waals surface area contributed by atoms with Crippen molar-refractivity contribution in [2.75, 3.05) is 6.54 Å². The number of aliphatic hydroxyl groups is 1. The normalized spacial score (nSPS) is 13.8. The first-order chi connectivity index (χ1) is 8.95. The van der Waals surface area contributed by atoms with Gasteiger partial charge in [0.25, 0.3) is 0 Å². The largest absolute Gasteiger partial charge is 0.481 e. The Balaban J connectivity index is 2.96. The first-order valence-electron chi connectivity index (χ1n) is 5.64. The molecule has 1 rings (SSSR count). The van der Waals surface area contributed by atoms with Gasteiger partial charge in [0.2, 0.25) is 0 Å². The topological polar surface area (TPSA) is 69.6 Å². The summed E-state index contributed by atoms with van der Waals surface area (Å²) in [5.74, 6) is -2.64. The molecular weight excluding hydrogens is 256 g/mol. The maximum atomic E-state index is 13.5. The average molecular weight is 271 g/mol. The number of rotatable bonds is 7. The van der Waals surface area contributed by atoms with Crippen LogP contribution in [0, 0.1) is 11.6 Å². The molecule has 0 aliphatic rings. The maximum absolute atomic E-state index is 13.5. The van der Waals surface area contributed by atoms with Crippen molar-refractivity contribution in [1.29, 1.82) is 0 Å². The van der Waals surface area contributed by atoms with Crippen LogP contribution < -0.4 is 5.32 Å².